The number of methoxy groups -OCH3 is 1. The van der Waals surface area contributed by atoms with Crippen molar-refractivity contribution in [1.82, 2.24) is 25.2 Å². The first-order valence-electron chi connectivity index (χ1n) is 12.4. The average Bonchev–Trinajstić information content (AvgIpc) is 3.56. The Labute approximate surface area is 213 Å². The number of nitrogens with one attached hydrogen (secondary N) is 2. The lowest BCUT2D eigenvalue weighted by molar-refractivity contribution is -0.146. The second-order valence-electron chi connectivity index (χ2n) is 9.68. The number of ether oxygens (including phenoxy) is 2. The smallest absolute Gasteiger partial charge is 0.255 e. The van der Waals surface area contributed by atoms with Crippen molar-refractivity contribution in [3.05, 3.63) is 35.8 Å². The van der Waals surface area contributed by atoms with Gasteiger partial charge in [-0.3, -0.25) is 9.59 Å². The Balaban J connectivity index is 1.46. The number of amides is 2. The van der Waals surface area contributed by atoms with Crippen LogP contribution in [0.25, 0.3) is 22.3 Å². The molecule has 1 saturated carbocycles. The molecule has 0 radical (unpaired) electrons. The lowest BCUT2D eigenvalue weighted by Gasteiger charge is -2.25. The van der Waals surface area contributed by atoms with Crippen molar-refractivity contribution in [2.45, 2.75) is 51.5 Å². The second-order valence-corrected chi connectivity index (χ2v) is 9.68. The molecule has 11 nitrogen and oxygen atoms in total. The molecule has 3 heterocycles. The molecule has 37 heavy (non-hydrogen) atoms. The minimum Gasteiger partial charge on any atom is -0.497 e. The van der Waals surface area contributed by atoms with Crippen LogP contribution < -0.4 is 14.8 Å². The molecule has 1 saturated heterocycles. The predicted molar refractivity (Wildman–Crippen MR) is 134 cm³/mol. The molecule has 3 aromatic rings. The van der Waals surface area contributed by atoms with Crippen molar-refractivity contribution in [2.24, 2.45) is 5.92 Å². The van der Waals surface area contributed by atoms with Crippen LogP contribution in [0.15, 0.2) is 24.5 Å². The molecular weight excluding hydrogens is 478 g/mol. The van der Waals surface area contributed by atoms with Crippen LogP contribution in [0.1, 0.15) is 42.2 Å². The van der Waals surface area contributed by atoms with E-state index in [1.54, 1.807) is 14.0 Å². The van der Waals surface area contributed by atoms with Crippen LogP contribution in [0.2, 0.25) is 0 Å². The van der Waals surface area contributed by atoms with Gasteiger partial charge in [0.15, 0.2) is 0 Å². The first kappa shape index (κ1) is 25.0. The summed E-state index contributed by atoms with van der Waals surface area (Å²) >= 11 is 0. The maximum absolute atomic E-state index is 13.4. The molecule has 0 spiro atoms. The van der Waals surface area contributed by atoms with Crippen LogP contribution in [0.3, 0.4) is 0 Å². The van der Waals surface area contributed by atoms with E-state index in [0.29, 0.717) is 58.4 Å². The molecular formula is C26H31N5O6. The fraction of sp³-hybridized carbons (Fsp3) is 0.462. The lowest BCUT2D eigenvalue weighted by Crippen LogP contribution is -2.48. The summed E-state index contributed by atoms with van der Waals surface area (Å²) in [5.41, 5.74) is 3.22. The van der Waals surface area contributed by atoms with Crippen molar-refractivity contribution in [2.75, 3.05) is 20.3 Å². The van der Waals surface area contributed by atoms with E-state index in [9.17, 15) is 19.8 Å². The Kier molecular flexibility index (Phi) is 6.74. The largest absolute Gasteiger partial charge is 0.497 e. The number of carbonyl (C=O) groups excluding carboxylic acids is 2. The molecule has 196 valence electrons. The summed E-state index contributed by atoms with van der Waals surface area (Å²) in [7, 11) is 1.59. The Morgan fingerprint density at radius 1 is 1.27 bits per heavy atom. The summed E-state index contributed by atoms with van der Waals surface area (Å²) in [6.45, 7) is 3.97. The highest BCUT2D eigenvalue weighted by Crippen LogP contribution is 2.38. The molecule has 11 heteroatoms. The van der Waals surface area contributed by atoms with E-state index in [4.69, 9.17) is 9.47 Å². The Bertz CT molecular complexity index is 1330. The van der Waals surface area contributed by atoms with Gasteiger partial charge in [0.05, 0.1) is 30.8 Å². The first-order valence-corrected chi connectivity index (χ1v) is 12.4. The molecule has 2 aliphatic rings. The highest BCUT2D eigenvalue weighted by atomic mass is 16.5. The van der Waals surface area contributed by atoms with Crippen LogP contribution in [-0.4, -0.2) is 80.5 Å². The van der Waals surface area contributed by atoms with Crippen molar-refractivity contribution < 1.29 is 29.3 Å². The number of benzene rings is 1. The molecule has 0 bridgehead atoms. The van der Waals surface area contributed by atoms with E-state index in [2.05, 4.69) is 20.3 Å². The number of carbonyl (C=O) groups is 2. The third-order valence-corrected chi connectivity index (χ3v) is 6.93. The van der Waals surface area contributed by atoms with Crippen LogP contribution in [0.5, 0.6) is 11.5 Å². The number of nitrogens with zero attached hydrogens (tertiary/aromatic N) is 3. The molecule has 2 aromatic heterocycles. The van der Waals surface area contributed by atoms with Gasteiger partial charge in [-0.2, -0.15) is 0 Å². The standard InChI is InChI=1S/C26H31N5O6/c1-13-20(24(33)30-18-8-9-31(26(18)35)25(34)14(2)32)22-23(29-13)21(27-12-28-22)17-10-16(36-3)6-7-19(17)37-11-15-4-5-15/h6-7,10,12,14-15,18,26,29,32,35H,4-5,8-9,11H2,1-3H3,(H,30,33)/t14-,18+,26?/m0/s1. The van der Waals surface area contributed by atoms with Crippen LogP contribution >= 0.6 is 0 Å². The fourth-order valence-electron chi connectivity index (χ4n) is 4.69. The molecule has 1 unspecified atom stereocenters. The predicted octanol–water partition coefficient (Wildman–Crippen LogP) is 1.76. The van der Waals surface area contributed by atoms with Gasteiger partial charge in [-0.25, -0.2) is 9.97 Å². The van der Waals surface area contributed by atoms with E-state index >= 15 is 0 Å². The minimum absolute atomic E-state index is 0.231. The van der Waals surface area contributed by atoms with Gasteiger partial charge >= 0.3 is 0 Å². The number of hydrogen-bond donors (Lipinski definition) is 4. The zero-order valence-electron chi connectivity index (χ0n) is 21.0. The monoisotopic (exact) mass is 509 g/mol. The zero-order chi connectivity index (χ0) is 26.3. The Hall–Kier alpha value is -3.70. The van der Waals surface area contributed by atoms with Gasteiger partial charge in [-0.15, -0.1) is 0 Å². The second kappa shape index (κ2) is 9.98. The molecule has 1 aromatic carbocycles. The van der Waals surface area contributed by atoms with Gasteiger partial charge in [0.1, 0.15) is 41.4 Å². The lowest BCUT2D eigenvalue weighted by atomic mass is 10.1. The van der Waals surface area contributed by atoms with Gasteiger partial charge in [0.25, 0.3) is 11.8 Å². The number of likely N-dealkylation sites (tertiary alicyclic amines) is 1. The zero-order valence-corrected chi connectivity index (χ0v) is 21.0. The molecule has 3 atom stereocenters. The average molecular weight is 510 g/mol. The summed E-state index contributed by atoms with van der Waals surface area (Å²) in [6, 6.07) is 4.86. The van der Waals surface area contributed by atoms with Crippen molar-refractivity contribution in [3.63, 3.8) is 0 Å². The SMILES string of the molecule is COc1ccc(OCC2CC2)c(-c2ncnc3c(C(=O)N[C@@H]4CCN(C(=O)[C@H](C)O)C4O)c(C)[nH]c23)c1. The summed E-state index contributed by atoms with van der Waals surface area (Å²) in [6.07, 6.45) is 1.63. The number of aliphatic hydroxyl groups excluding tert-OH is 2. The summed E-state index contributed by atoms with van der Waals surface area (Å²) in [5, 5.41) is 23.0. The summed E-state index contributed by atoms with van der Waals surface area (Å²) in [4.78, 5) is 38.8. The fourth-order valence-corrected chi connectivity index (χ4v) is 4.69. The Morgan fingerprint density at radius 2 is 2.05 bits per heavy atom. The third-order valence-electron chi connectivity index (χ3n) is 6.93. The molecule has 1 aliphatic heterocycles. The normalized spacial score (nSPS) is 20.2. The number of fused-ring (bicyclic) bond motifs is 1. The molecule has 4 N–H and O–H groups in total. The quantitative estimate of drug-likeness (QED) is 0.359. The van der Waals surface area contributed by atoms with E-state index in [1.165, 1.54) is 18.2 Å². The van der Waals surface area contributed by atoms with Gasteiger partial charge in [-0.1, -0.05) is 0 Å². The molecule has 2 fully saturated rings. The maximum Gasteiger partial charge on any atom is 0.255 e. The van der Waals surface area contributed by atoms with E-state index < -0.39 is 30.2 Å². The van der Waals surface area contributed by atoms with Gasteiger partial charge < -0.3 is 34.9 Å². The number of H-pyrrole nitrogens is 1. The number of rotatable bonds is 8. The topological polar surface area (TPSA) is 150 Å². The number of aromatic amines is 1. The van der Waals surface area contributed by atoms with Gasteiger partial charge in [0, 0.05) is 17.8 Å². The number of hydrogen-bond acceptors (Lipinski definition) is 8. The van der Waals surface area contributed by atoms with Crippen LogP contribution in [0, 0.1) is 12.8 Å². The third kappa shape index (κ3) is 4.84. The van der Waals surface area contributed by atoms with Crippen molar-refractivity contribution >= 4 is 22.8 Å². The number of aliphatic hydroxyl groups is 2. The summed E-state index contributed by atoms with van der Waals surface area (Å²) < 4.78 is 11.5. The molecule has 2 amide bonds. The number of aryl methyl sites for hydroxylation is 1. The van der Waals surface area contributed by atoms with Crippen LogP contribution in [-0.2, 0) is 4.79 Å². The van der Waals surface area contributed by atoms with E-state index in [0.717, 1.165) is 18.4 Å². The van der Waals surface area contributed by atoms with Gasteiger partial charge in [0.2, 0.25) is 0 Å². The number of aromatic nitrogens is 3. The minimum atomic E-state index is -1.23. The first-order chi connectivity index (χ1) is 17.8. The highest BCUT2D eigenvalue weighted by molar-refractivity contribution is 6.09. The van der Waals surface area contributed by atoms with E-state index in [-0.39, 0.29) is 6.54 Å². The maximum atomic E-state index is 13.4. The Morgan fingerprint density at radius 3 is 2.76 bits per heavy atom. The van der Waals surface area contributed by atoms with Crippen LogP contribution in [0.4, 0.5) is 0 Å². The van der Waals surface area contributed by atoms with Crippen molar-refractivity contribution in [3.8, 4) is 22.8 Å². The van der Waals surface area contributed by atoms with Gasteiger partial charge in [-0.05, 0) is 57.2 Å². The summed E-state index contributed by atoms with van der Waals surface area (Å²) in [5.74, 6) is 0.875. The molecule has 1 aliphatic carbocycles. The van der Waals surface area contributed by atoms with E-state index in [1.807, 2.05) is 18.2 Å². The molecule has 5 rings (SSSR count). The van der Waals surface area contributed by atoms with Crippen molar-refractivity contribution in [1.29, 1.82) is 0 Å². The highest BCUT2D eigenvalue weighted by Gasteiger charge is 2.38.